The molecule has 4 aromatic rings. The van der Waals surface area contributed by atoms with Crippen molar-refractivity contribution < 1.29 is 14.0 Å². The number of nitrogens with one attached hydrogen (secondary N) is 1. The van der Waals surface area contributed by atoms with Gasteiger partial charge in [-0.2, -0.15) is 4.98 Å². The van der Waals surface area contributed by atoms with Crippen LogP contribution in [0.2, 0.25) is 0 Å². The normalized spacial score (nSPS) is 11.8. The Balaban J connectivity index is 1.54. The van der Waals surface area contributed by atoms with E-state index in [0.717, 1.165) is 16.8 Å². The molecule has 0 aliphatic rings. The monoisotopic (exact) mass is 402 g/mol. The zero-order valence-corrected chi connectivity index (χ0v) is 16.8. The van der Waals surface area contributed by atoms with Gasteiger partial charge in [0.05, 0.1) is 38.1 Å². The number of rotatable bonds is 8. The van der Waals surface area contributed by atoms with E-state index in [1.807, 2.05) is 48.5 Å². The summed E-state index contributed by atoms with van der Waals surface area (Å²) in [4.78, 5) is 9.02. The van der Waals surface area contributed by atoms with Crippen LogP contribution in [0.5, 0.6) is 11.5 Å². The molecule has 1 unspecified atom stereocenters. The molecule has 2 aromatic heterocycles. The van der Waals surface area contributed by atoms with Gasteiger partial charge in [-0.1, -0.05) is 41.6 Å². The number of pyridine rings is 1. The Labute approximate surface area is 174 Å². The van der Waals surface area contributed by atoms with Crippen LogP contribution in [0.3, 0.4) is 0 Å². The summed E-state index contributed by atoms with van der Waals surface area (Å²) in [7, 11) is 3.20. The third kappa shape index (κ3) is 4.31. The third-order valence-electron chi connectivity index (χ3n) is 4.69. The molecule has 0 radical (unpaired) electrons. The van der Waals surface area contributed by atoms with Crippen molar-refractivity contribution in [3.8, 4) is 22.9 Å². The Kier molecular flexibility index (Phi) is 6.01. The van der Waals surface area contributed by atoms with Crippen molar-refractivity contribution >= 4 is 0 Å². The summed E-state index contributed by atoms with van der Waals surface area (Å²) < 4.78 is 16.1. The molecule has 152 valence electrons. The number of benzene rings is 2. The minimum Gasteiger partial charge on any atom is -0.497 e. The van der Waals surface area contributed by atoms with Crippen LogP contribution in [-0.4, -0.2) is 29.3 Å². The van der Waals surface area contributed by atoms with Gasteiger partial charge in [-0.25, -0.2) is 0 Å². The second kappa shape index (κ2) is 9.19. The van der Waals surface area contributed by atoms with Gasteiger partial charge in [0.15, 0.2) is 0 Å². The summed E-state index contributed by atoms with van der Waals surface area (Å²) >= 11 is 0. The first-order valence-corrected chi connectivity index (χ1v) is 9.52. The van der Waals surface area contributed by atoms with Crippen LogP contribution in [0.25, 0.3) is 11.4 Å². The average molecular weight is 402 g/mol. The average Bonchev–Trinajstić information content (AvgIpc) is 3.29. The molecule has 2 aromatic carbocycles. The Morgan fingerprint density at radius 1 is 0.967 bits per heavy atom. The second-order valence-corrected chi connectivity index (χ2v) is 6.56. The van der Waals surface area contributed by atoms with E-state index in [4.69, 9.17) is 14.0 Å². The Hall–Kier alpha value is -3.71. The fraction of sp³-hybridized carbons (Fsp3) is 0.174. The van der Waals surface area contributed by atoms with Crippen molar-refractivity contribution in [3.63, 3.8) is 0 Å². The summed E-state index contributed by atoms with van der Waals surface area (Å²) in [6, 6.07) is 21.4. The van der Waals surface area contributed by atoms with Crippen molar-refractivity contribution in [2.24, 2.45) is 0 Å². The minimum atomic E-state index is -0.0988. The molecular formula is C23H22N4O3. The topological polar surface area (TPSA) is 82.3 Å². The Morgan fingerprint density at radius 3 is 2.53 bits per heavy atom. The van der Waals surface area contributed by atoms with E-state index in [0.29, 0.717) is 29.8 Å². The summed E-state index contributed by atoms with van der Waals surface area (Å²) in [6.07, 6.45) is 1.79. The van der Waals surface area contributed by atoms with E-state index in [2.05, 4.69) is 32.6 Å². The van der Waals surface area contributed by atoms with E-state index in [1.54, 1.807) is 26.5 Å². The fourth-order valence-electron chi connectivity index (χ4n) is 3.19. The van der Waals surface area contributed by atoms with Gasteiger partial charge in [0.25, 0.3) is 0 Å². The van der Waals surface area contributed by atoms with Crippen molar-refractivity contribution in [3.05, 3.63) is 90.1 Å². The van der Waals surface area contributed by atoms with Gasteiger partial charge in [-0.05, 0) is 29.8 Å². The van der Waals surface area contributed by atoms with Crippen LogP contribution in [-0.2, 0) is 6.54 Å². The molecule has 0 saturated carbocycles. The lowest BCUT2D eigenvalue weighted by molar-refractivity contribution is 0.362. The number of aromatic nitrogens is 3. The molecule has 0 amide bonds. The van der Waals surface area contributed by atoms with Gasteiger partial charge >= 0.3 is 0 Å². The summed E-state index contributed by atoms with van der Waals surface area (Å²) in [5, 5.41) is 7.58. The first kappa shape index (κ1) is 19.6. The van der Waals surface area contributed by atoms with Gasteiger partial charge in [0.1, 0.15) is 11.5 Å². The molecule has 0 aliphatic heterocycles. The SMILES string of the molecule is COc1ccc(-c2noc(CNC(c3ccccc3)c3ccccn3)n2)c(OC)c1. The largest absolute Gasteiger partial charge is 0.497 e. The molecule has 0 spiro atoms. The Bertz CT molecular complexity index is 1040. The minimum absolute atomic E-state index is 0.0988. The third-order valence-corrected chi connectivity index (χ3v) is 4.69. The maximum atomic E-state index is 5.47. The number of nitrogens with zero attached hydrogens (tertiary/aromatic N) is 3. The highest BCUT2D eigenvalue weighted by Gasteiger charge is 2.18. The molecule has 1 atom stereocenters. The lowest BCUT2D eigenvalue weighted by Gasteiger charge is -2.17. The fourth-order valence-corrected chi connectivity index (χ4v) is 3.19. The molecule has 0 saturated heterocycles. The first-order chi connectivity index (χ1) is 14.8. The van der Waals surface area contributed by atoms with Crippen molar-refractivity contribution in [1.82, 2.24) is 20.4 Å². The molecule has 0 aliphatic carbocycles. The zero-order valence-electron chi connectivity index (χ0n) is 16.8. The van der Waals surface area contributed by atoms with Crippen LogP contribution in [0, 0.1) is 0 Å². The zero-order chi connectivity index (χ0) is 20.8. The number of hydrogen-bond acceptors (Lipinski definition) is 7. The van der Waals surface area contributed by atoms with Gasteiger partial charge in [0.2, 0.25) is 11.7 Å². The van der Waals surface area contributed by atoms with Crippen molar-refractivity contribution in [2.45, 2.75) is 12.6 Å². The van der Waals surface area contributed by atoms with Gasteiger partial charge < -0.3 is 14.0 Å². The van der Waals surface area contributed by atoms with E-state index < -0.39 is 0 Å². The Morgan fingerprint density at radius 2 is 1.80 bits per heavy atom. The van der Waals surface area contributed by atoms with Gasteiger partial charge in [-0.3, -0.25) is 10.3 Å². The van der Waals surface area contributed by atoms with E-state index >= 15 is 0 Å². The van der Waals surface area contributed by atoms with Crippen LogP contribution >= 0.6 is 0 Å². The number of hydrogen-bond donors (Lipinski definition) is 1. The number of methoxy groups -OCH3 is 2. The van der Waals surface area contributed by atoms with E-state index in [1.165, 1.54) is 0 Å². The first-order valence-electron chi connectivity index (χ1n) is 9.52. The molecule has 7 nitrogen and oxygen atoms in total. The second-order valence-electron chi connectivity index (χ2n) is 6.56. The van der Waals surface area contributed by atoms with Gasteiger partial charge in [-0.15, -0.1) is 0 Å². The highest BCUT2D eigenvalue weighted by molar-refractivity contribution is 5.65. The molecular weight excluding hydrogens is 380 g/mol. The molecule has 0 fully saturated rings. The lowest BCUT2D eigenvalue weighted by Crippen LogP contribution is -2.23. The van der Waals surface area contributed by atoms with E-state index in [-0.39, 0.29) is 6.04 Å². The molecule has 7 heteroatoms. The molecule has 2 heterocycles. The standard InChI is InChI=1S/C23H22N4O3/c1-28-17-11-12-18(20(14-17)29-2)23-26-21(30-27-23)15-25-22(16-8-4-3-5-9-16)19-10-6-7-13-24-19/h3-14,22,25H,15H2,1-2H3. The van der Waals surface area contributed by atoms with E-state index in [9.17, 15) is 0 Å². The highest BCUT2D eigenvalue weighted by Crippen LogP contribution is 2.31. The van der Waals surface area contributed by atoms with Crippen molar-refractivity contribution in [1.29, 1.82) is 0 Å². The maximum Gasteiger partial charge on any atom is 0.240 e. The van der Waals surface area contributed by atoms with Crippen LogP contribution in [0.15, 0.2) is 77.4 Å². The predicted molar refractivity (Wildman–Crippen MR) is 112 cm³/mol. The van der Waals surface area contributed by atoms with Gasteiger partial charge in [0, 0.05) is 12.3 Å². The maximum absolute atomic E-state index is 5.47. The molecule has 4 rings (SSSR count). The molecule has 30 heavy (non-hydrogen) atoms. The summed E-state index contributed by atoms with van der Waals surface area (Å²) in [5.41, 5.74) is 2.76. The molecule has 0 bridgehead atoms. The predicted octanol–water partition coefficient (Wildman–Crippen LogP) is 4.03. The number of ether oxygens (including phenoxy) is 2. The quantitative estimate of drug-likeness (QED) is 0.476. The molecule has 1 N–H and O–H groups in total. The van der Waals surface area contributed by atoms with Crippen LogP contribution in [0.1, 0.15) is 23.2 Å². The van der Waals surface area contributed by atoms with Crippen LogP contribution < -0.4 is 14.8 Å². The lowest BCUT2D eigenvalue weighted by atomic mass is 10.0. The summed E-state index contributed by atoms with van der Waals surface area (Å²) in [5.74, 6) is 2.24. The summed E-state index contributed by atoms with van der Waals surface area (Å²) in [6.45, 7) is 0.390. The smallest absolute Gasteiger partial charge is 0.240 e. The van der Waals surface area contributed by atoms with Crippen molar-refractivity contribution in [2.75, 3.05) is 14.2 Å². The van der Waals surface area contributed by atoms with Crippen LogP contribution in [0.4, 0.5) is 0 Å². The highest BCUT2D eigenvalue weighted by atomic mass is 16.5.